The van der Waals surface area contributed by atoms with E-state index in [0.29, 0.717) is 6.04 Å². The molecular weight excluding hydrogens is 262 g/mol. The van der Waals surface area contributed by atoms with Crippen LogP contribution in [0.2, 0.25) is 0 Å². The highest BCUT2D eigenvalue weighted by molar-refractivity contribution is 7.99. The Labute approximate surface area is 115 Å². The van der Waals surface area contributed by atoms with Gasteiger partial charge in [-0.25, -0.2) is 4.98 Å². The van der Waals surface area contributed by atoms with Crippen LogP contribution in [-0.4, -0.2) is 22.5 Å². The number of thiazole rings is 1. The smallest absolute Gasteiger partial charge is 0.184 e. The van der Waals surface area contributed by atoms with Crippen LogP contribution in [0.1, 0.15) is 19.3 Å². The van der Waals surface area contributed by atoms with E-state index in [4.69, 9.17) is 5.73 Å². The van der Waals surface area contributed by atoms with Gasteiger partial charge in [0.25, 0.3) is 0 Å². The molecule has 1 aromatic carbocycles. The minimum absolute atomic E-state index is 0.568. The minimum atomic E-state index is 0.568. The molecule has 1 saturated carbocycles. The lowest BCUT2D eigenvalue weighted by molar-refractivity contribution is 0.768. The van der Waals surface area contributed by atoms with Crippen LogP contribution >= 0.6 is 23.1 Å². The number of nitrogens with one attached hydrogen (secondary N) is 1. The number of hydrogen-bond acceptors (Lipinski definition) is 5. The Kier molecular flexibility index (Phi) is 3.35. The van der Waals surface area contributed by atoms with Crippen LogP contribution in [0.15, 0.2) is 18.2 Å². The summed E-state index contributed by atoms with van der Waals surface area (Å²) in [5, 5.41) is 5.35. The quantitative estimate of drug-likeness (QED) is 0.843. The maximum atomic E-state index is 5.80. The summed E-state index contributed by atoms with van der Waals surface area (Å²) in [5.74, 6) is 0. The van der Waals surface area contributed by atoms with Crippen LogP contribution in [-0.2, 0) is 0 Å². The maximum Gasteiger partial charge on any atom is 0.184 e. The zero-order valence-corrected chi connectivity index (χ0v) is 12.0. The van der Waals surface area contributed by atoms with Crippen LogP contribution in [0.5, 0.6) is 0 Å². The van der Waals surface area contributed by atoms with Crippen molar-refractivity contribution in [3.63, 3.8) is 0 Å². The van der Waals surface area contributed by atoms with E-state index in [2.05, 4.69) is 16.6 Å². The summed E-state index contributed by atoms with van der Waals surface area (Å²) in [6.07, 6.45) is 6.09. The van der Waals surface area contributed by atoms with Crippen molar-refractivity contribution in [1.82, 2.24) is 4.98 Å². The number of fused-ring (bicyclic) bond motifs is 1. The number of benzene rings is 1. The molecule has 3 rings (SSSR count). The predicted octanol–water partition coefficient (Wildman–Crippen LogP) is 3.57. The monoisotopic (exact) mass is 279 g/mol. The van der Waals surface area contributed by atoms with Gasteiger partial charge in [0.05, 0.1) is 10.2 Å². The van der Waals surface area contributed by atoms with Crippen molar-refractivity contribution in [3.05, 3.63) is 18.2 Å². The van der Waals surface area contributed by atoms with Crippen molar-refractivity contribution in [2.24, 2.45) is 0 Å². The third-order valence-electron chi connectivity index (χ3n) is 3.48. The molecule has 1 heterocycles. The van der Waals surface area contributed by atoms with Gasteiger partial charge in [0.2, 0.25) is 0 Å². The maximum absolute atomic E-state index is 5.80. The van der Waals surface area contributed by atoms with Gasteiger partial charge >= 0.3 is 0 Å². The Hall–Kier alpha value is -0.940. The summed E-state index contributed by atoms with van der Waals surface area (Å²) in [4.78, 5) is 4.63. The molecule has 0 saturated heterocycles. The lowest BCUT2D eigenvalue weighted by Gasteiger charge is -2.18. The molecule has 1 aliphatic carbocycles. The van der Waals surface area contributed by atoms with Crippen molar-refractivity contribution in [1.29, 1.82) is 0 Å². The Bertz CT molecular complexity index is 552. The SMILES string of the molecule is CSC1CCCC1Nc1nc2ccc(N)cc2s1. The minimum Gasteiger partial charge on any atom is -0.399 e. The second-order valence-electron chi connectivity index (χ2n) is 4.70. The molecule has 2 aromatic rings. The molecule has 2 atom stereocenters. The Balaban J connectivity index is 1.82. The van der Waals surface area contributed by atoms with E-state index in [1.807, 2.05) is 30.0 Å². The van der Waals surface area contributed by atoms with Crippen LogP contribution in [0.4, 0.5) is 10.8 Å². The van der Waals surface area contributed by atoms with Crippen molar-refractivity contribution in [3.8, 4) is 0 Å². The summed E-state index contributed by atoms with van der Waals surface area (Å²) in [7, 11) is 0. The second kappa shape index (κ2) is 4.97. The van der Waals surface area contributed by atoms with Crippen LogP contribution < -0.4 is 11.1 Å². The highest BCUT2D eigenvalue weighted by atomic mass is 32.2. The lowest BCUT2D eigenvalue weighted by atomic mass is 10.2. The van der Waals surface area contributed by atoms with Crippen LogP contribution in [0.3, 0.4) is 0 Å². The molecule has 3 nitrogen and oxygen atoms in total. The van der Waals surface area contributed by atoms with Gasteiger partial charge < -0.3 is 11.1 Å². The summed E-state index contributed by atoms with van der Waals surface area (Å²) in [6, 6.07) is 6.47. The van der Waals surface area contributed by atoms with Crippen molar-refractivity contribution < 1.29 is 0 Å². The van der Waals surface area contributed by atoms with Crippen molar-refractivity contribution >= 4 is 44.1 Å². The van der Waals surface area contributed by atoms with Gasteiger partial charge in [0, 0.05) is 17.0 Å². The van der Waals surface area contributed by atoms with E-state index in [1.165, 1.54) is 19.3 Å². The summed E-state index contributed by atoms with van der Waals surface area (Å²) < 4.78 is 1.16. The molecular formula is C13H17N3S2. The van der Waals surface area contributed by atoms with E-state index < -0.39 is 0 Å². The van der Waals surface area contributed by atoms with Crippen molar-refractivity contribution in [2.75, 3.05) is 17.3 Å². The van der Waals surface area contributed by atoms with Crippen molar-refractivity contribution in [2.45, 2.75) is 30.6 Å². The zero-order chi connectivity index (χ0) is 12.5. The molecule has 0 spiro atoms. The first-order valence-electron chi connectivity index (χ1n) is 6.21. The average Bonchev–Trinajstić information content (AvgIpc) is 2.94. The highest BCUT2D eigenvalue weighted by Crippen LogP contribution is 2.33. The fourth-order valence-corrected chi connectivity index (χ4v) is 4.45. The van der Waals surface area contributed by atoms with E-state index in [1.54, 1.807) is 11.3 Å². The summed E-state index contributed by atoms with van der Waals surface area (Å²) in [6.45, 7) is 0. The van der Waals surface area contributed by atoms with E-state index >= 15 is 0 Å². The molecule has 96 valence electrons. The molecule has 0 radical (unpaired) electrons. The molecule has 0 amide bonds. The van der Waals surface area contributed by atoms with Gasteiger partial charge in [-0.2, -0.15) is 11.8 Å². The molecule has 3 N–H and O–H groups in total. The number of thioether (sulfide) groups is 1. The molecule has 1 aromatic heterocycles. The Morgan fingerprint density at radius 3 is 3.17 bits per heavy atom. The van der Waals surface area contributed by atoms with Gasteiger partial charge in [-0.15, -0.1) is 0 Å². The average molecular weight is 279 g/mol. The molecule has 0 bridgehead atoms. The largest absolute Gasteiger partial charge is 0.399 e. The van der Waals surface area contributed by atoms with E-state index in [0.717, 1.165) is 26.3 Å². The number of nitrogen functional groups attached to an aromatic ring is 1. The first kappa shape index (κ1) is 12.1. The first-order valence-corrected chi connectivity index (χ1v) is 8.32. The fraction of sp³-hybridized carbons (Fsp3) is 0.462. The fourth-order valence-electron chi connectivity index (χ4n) is 2.53. The molecule has 1 fully saturated rings. The zero-order valence-electron chi connectivity index (χ0n) is 10.3. The van der Waals surface area contributed by atoms with Crippen LogP contribution in [0.25, 0.3) is 10.2 Å². The molecule has 0 aliphatic heterocycles. The summed E-state index contributed by atoms with van der Waals surface area (Å²) in [5.41, 5.74) is 7.64. The van der Waals surface area contributed by atoms with E-state index in [-0.39, 0.29) is 0 Å². The number of nitrogens with zero attached hydrogens (tertiary/aromatic N) is 1. The Morgan fingerprint density at radius 2 is 2.33 bits per heavy atom. The number of nitrogens with two attached hydrogens (primary N) is 1. The lowest BCUT2D eigenvalue weighted by Crippen LogP contribution is -2.25. The molecule has 5 heteroatoms. The second-order valence-corrected chi connectivity index (χ2v) is 6.81. The van der Waals surface area contributed by atoms with Gasteiger partial charge in [0.15, 0.2) is 5.13 Å². The number of aromatic nitrogens is 1. The standard InChI is InChI=1S/C13H17N3S2/c1-17-11-4-2-3-9(11)15-13-16-10-6-5-8(14)7-12(10)18-13/h5-7,9,11H,2-4,14H2,1H3,(H,15,16). The predicted molar refractivity (Wildman–Crippen MR) is 82.6 cm³/mol. The Morgan fingerprint density at radius 1 is 1.44 bits per heavy atom. The van der Waals surface area contributed by atoms with Gasteiger partial charge in [-0.3, -0.25) is 0 Å². The number of hydrogen-bond donors (Lipinski definition) is 2. The first-order chi connectivity index (χ1) is 8.76. The highest BCUT2D eigenvalue weighted by Gasteiger charge is 2.26. The number of anilines is 2. The third kappa shape index (κ3) is 2.29. The normalized spacial score (nSPS) is 23.6. The van der Waals surface area contributed by atoms with Gasteiger partial charge in [-0.05, 0) is 37.3 Å². The van der Waals surface area contributed by atoms with Gasteiger partial charge in [0.1, 0.15) is 0 Å². The molecule has 18 heavy (non-hydrogen) atoms. The molecule has 1 aliphatic rings. The summed E-state index contributed by atoms with van der Waals surface area (Å²) >= 11 is 3.66. The van der Waals surface area contributed by atoms with Crippen LogP contribution in [0, 0.1) is 0 Å². The molecule has 2 unspecified atom stereocenters. The number of rotatable bonds is 3. The third-order valence-corrected chi connectivity index (χ3v) is 5.60. The topological polar surface area (TPSA) is 50.9 Å². The van der Waals surface area contributed by atoms with E-state index in [9.17, 15) is 0 Å². The van der Waals surface area contributed by atoms with Gasteiger partial charge in [-0.1, -0.05) is 17.8 Å².